The molecule has 4 nitrogen and oxygen atoms in total. The maximum absolute atomic E-state index is 13.8. The normalized spacial score (nSPS) is 12.1. The van der Waals surface area contributed by atoms with E-state index in [1.54, 1.807) is 12.1 Å². The van der Waals surface area contributed by atoms with Gasteiger partial charge in [-0.05, 0) is 36.2 Å². The van der Waals surface area contributed by atoms with E-state index in [4.69, 9.17) is 4.74 Å². The van der Waals surface area contributed by atoms with Crippen LogP contribution in [0.3, 0.4) is 0 Å². The number of hydrogen-bond acceptors (Lipinski definition) is 2. The molecule has 0 saturated heterocycles. The highest BCUT2D eigenvalue weighted by Crippen LogP contribution is 2.22. The van der Waals surface area contributed by atoms with Crippen molar-refractivity contribution >= 4 is 16.8 Å². The number of para-hydroxylation sites is 1. The van der Waals surface area contributed by atoms with E-state index in [1.807, 2.05) is 37.4 Å². The molecular formula is C19H19FN2O2. The Labute approximate surface area is 139 Å². The van der Waals surface area contributed by atoms with E-state index in [2.05, 4.69) is 10.3 Å². The van der Waals surface area contributed by atoms with Crippen LogP contribution in [0.25, 0.3) is 10.9 Å². The lowest BCUT2D eigenvalue weighted by molar-refractivity contribution is -0.121. The minimum Gasteiger partial charge on any atom is -0.494 e. The molecule has 2 aromatic carbocycles. The molecule has 124 valence electrons. The number of carbonyl (C=O) groups is 1. The summed E-state index contributed by atoms with van der Waals surface area (Å²) in [5.74, 6) is -0.354. The SMILES string of the molecule is COc1ccc([C@@H](C)NC(=O)Cc2c[nH]c3ccccc23)cc1F. The average Bonchev–Trinajstić information content (AvgIpc) is 2.97. The number of hydrogen-bond donors (Lipinski definition) is 2. The number of benzene rings is 2. The molecule has 0 aliphatic heterocycles. The zero-order chi connectivity index (χ0) is 17.1. The number of amides is 1. The second kappa shape index (κ2) is 6.74. The molecule has 5 heteroatoms. The van der Waals surface area contributed by atoms with Crippen molar-refractivity contribution in [2.75, 3.05) is 7.11 Å². The second-order valence-electron chi connectivity index (χ2n) is 5.72. The van der Waals surface area contributed by atoms with E-state index < -0.39 is 5.82 Å². The Bertz CT molecular complexity index is 873. The molecule has 0 unspecified atom stereocenters. The Kier molecular flexibility index (Phi) is 4.51. The summed E-state index contributed by atoms with van der Waals surface area (Å²) in [7, 11) is 1.42. The van der Waals surface area contributed by atoms with Gasteiger partial charge in [0.1, 0.15) is 0 Å². The van der Waals surface area contributed by atoms with Crippen molar-refractivity contribution < 1.29 is 13.9 Å². The number of carbonyl (C=O) groups excluding carboxylic acids is 1. The van der Waals surface area contributed by atoms with E-state index in [0.29, 0.717) is 5.56 Å². The number of aromatic amines is 1. The van der Waals surface area contributed by atoms with Crippen LogP contribution in [-0.4, -0.2) is 18.0 Å². The lowest BCUT2D eigenvalue weighted by Gasteiger charge is -2.15. The fourth-order valence-corrected chi connectivity index (χ4v) is 2.78. The fraction of sp³-hybridized carbons (Fsp3) is 0.211. The maximum Gasteiger partial charge on any atom is 0.224 e. The van der Waals surface area contributed by atoms with E-state index in [1.165, 1.54) is 13.2 Å². The van der Waals surface area contributed by atoms with Crippen molar-refractivity contribution in [2.24, 2.45) is 0 Å². The van der Waals surface area contributed by atoms with Crippen LogP contribution in [0.15, 0.2) is 48.7 Å². The summed E-state index contributed by atoms with van der Waals surface area (Å²) in [6.45, 7) is 1.83. The Morgan fingerprint density at radius 3 is 2.83 bits per heavy atom. The topological polar surface area (TPSA) is 54.1 Å². The summed E-state index contributed by atoms with van der Waals surface area (Å²) < 4.78 is 18.7. The molecule has 3 aromatic rings. The van der Waals surface area contributed by atoms with E-state index in [0.717, 1.165) is 16.5 Å². The van der Waals surface area contributed by atoms with Crippen molar-refractivity contribution in [3.63, 3.8) is 0 Å². The molecule has 0 bridgehead atoms. The smallest absolute Gasteiger partial charge is 0.224 e. The summed E-state index contributed by atoms with van der Waals surface area (Å²) in [5.41, 5.74) is 2.64. The van der Waals surface area contributed by atoms with Crippen molar-refractivity contribution in [2.45, 2.75) is 19.4 Å². The van der Waals surface area contributed by atoms with E-state index >= 15 is 0 Å². The molecule has 0 fully saturated rings. The van der Waals surface area contributed by atoms with Crippen LogP contribution in [0.2, 0.25) is 0 Å². The maximum atomic E-state index is 13.8. The molecule has 3 rings (SSSR count). The quantitative estimate of drug-likeness (QED) is 0.750. The number of methoxy groups -OCH3 is 1. The molecule has 24 heavy (non-hydrogen) atoms. The van der Waals surface area contributed by atoms with Gasteiger partial charge in [-0.15, -0.1) is 0 Å². The van der Waals surface area contributed by atoms with Gasteiger partial charge in [-0.3, -0.25) is 4.79 Å². The number of nitrogens with one attached hydrogen (secondary N) is 2. The standard InChI is InChI=1S/C19H19FN2O2/c1-12(13-7-8-18(24-2)16(20)9-13)22-19(23)10-14-11-21-17-6-4-3-5-15(14)17/h3-9,11-12,21H,10H2,1-2H3,(H,22,23)/t12-/m1/s1. The third-order valence-electron chi connectivity index (χ3n) is 4.08. The first-order valence-electron chi connectivity index (χ1n) is 7.76. The molecule has 1 aromatic heterocycles. The van der Waals surface area contributed by atoms with Gasteiger partial charge in [0.15, 0.2) is 11.6 Å². The average molecular weight is 326 g/mol. The monoisotopic (exact) mass is 326 g/mol. The van der Waals surface area contributed by atoms with Crippen molar-refractivity contribution in [3.05, 3.63) is 65.6 Å². The molecule has 2 N–H and O–H groups in total. The highest BCUT2D eigenvalue weighted by Gasteiger charge is 2.14. The first kappa shape index (κ1) is 16.1. The number of fused-ring (bicyclic) bond motifs is 1. The van der Waals surface area contributed by atoms with E-state index in [-0.39, 0.29) is 24.1 Å². The van der Waals surface area contributed by atoms with Gasteiger partial charge in [0.05, 0.1) is 19.6 Å². The third kappa shape index (κ3) is 3.25. The molecule has 1 atom stereocenters. The van der Waals surface area contributed by atoms with Crippen molar-refractivity contribution in [1.82, 2.24) is 10.3 Å². The molecular weight excluding hydrogens is 307 g/mol. The molecule has 1 heterocycles. The lowest BCUT2D eigenvalue weighted by atomic mass is 10.1. The summed E-state index contributed by atoms with van der Waals surface area (Å²) in [6, 6.07) is 12.3. The minimum atomic E-state index is -0.437. The number of aromatic nitrogens is 1. The summed E-state index contributed by atoms with van der Waals surface area (Å²) >= 11 is 0. The van der Waals surface area contributed by atoms with Crippen LogP contribution in [0.4, 0.5) is 4.39 Å². The van der Waals surface area contributed by atoms with Gasteiger partial charge in [-0.25, -0.2) is 4.39 Å². The molecule has 0 saturated carbocycles. The van der Waals surface area contributed by atoms with Crippen LogP contribution >= 0.6 is 0 Å². The largest absolute Gasteiger partial charge is 0.494 e. The third-order valence-corrected chi connectivity index (χ3v) is 4.08. The summed E-state index contributed by atoms with van der Waals surface area (Å²) in [6.07, 6.45) is 2.12. The molecule has 0 aliphatic carbocycles. The van der Waals surface area contributed by atoms with Crippen LogP contribution < -0.4 is 10.1 Å². The summed E-state index contributed by atoms with van der Waals surface area (Å²) in [5, 5.41) is 3.94. The zero-order valence-corrected chi connectivity index (χ0v) is 13.6. The molecule has 0 spiro atoms. The van der Waals surface area contributed by atoms with Crippen LogP contribution in [-0.2, 0) is 11.2 Å². The van der Waals surface area contributed by atoms with Gasteiger partial charge in [0.2, 0.25) is 5.91 Å². The number of H-pyrrole nitrogens is 1. The Balaban J connectivity index is 1.69. The highest BCUT2D eigenvalue weighted by atomic mass is 19.1. The fourth-order valence-electron chi connectivity index (χ4n) is 2.78. The van der Waals surface area contributed by atoms with Gasteiger partial charge in [-0.2, -0.15) is 0 Å². The van der Waals surface area contributed by atoms with Crippen molar-refractivity contribution in [3.8, 4) is 5.75 Å². The Morgan fingerprint density at radius 1 is 1.29 bits per heavy atom. The van der Waals surface area contributed by atoms with Gasteiger partial charge < -0.3 is 15.0 Å². The van der Waals surface area contributed by atoms with Gasteiger partial charge in [0, 0.05) is 17.1 Å². The second-order valence-corrected chi connectivity index (χ2v) is 5.72. The summed E-state index contributed by atoms with van der Waals surface area (Å²) in [4.78, 5) is 15.5. The molecule has 1 amide bonds. The van der Waals surface area contributed by atoms with E-state index in [9.17, 15) is 9.18 Å². The highest BCUT2D eigenvalue weighted by molar-refractivity contribution is 5.88. The number of halogens is 1. The Morgan fingerprint density at radius 2 is 2.08 bits per heavy atom. The Hall–Kier alpha value is -2.82. The number of rotatable bonds is 5. The van der Waals surface area contributed by atoms with Gasteiger partial charge >= 0.3 is 0 Å². The molecule has 0 aliphatic rings. The van der Waals surface area contributed by atoms with Crippen LogP contribution in [0, 0.1) is 5.82 Å². The lowest BCUT2D eigenvalue weighted by Crippen LogP contribution is -2.28. The van der Waals surface area contributed by atoms with Crippen molar-refractivity contribution in [1.29, 1.82) is 0 Å². The first-order chi connectivity index (χ1) is 11.6. The van der Waals surface area contributed by atoms with Gasteiger partial charge in [0.25, 0.3) is 0 Å². The zero-order valence-electron chi connectivity index (χ0n) is 13.6. The molecule has 0 radical (unpaired) electrons. The predicted octanol–water partition coefficient (Wildman–Crippen LogP) is 3.74. The number of ether oxygens (including phenoxy) is 1. The van der Waals surface area contributed by atoms with Gasteiger partial charge in [-0.1, -0.05) is 24.3 Å². The first-order valence-corrected chi connectivity index (χ1v) is 7.76. The van der Waals surface area contributed by atoms with Crippen LogP contribution in [0.5, 0.6) is 5.75 Å². The van der Waals surface area contributed by atoms with Crippen LogP contribution in [0.1, 0.15) is 24.1 Å². The predicted molar refractivity (Wildman–Crippen MR) is 91.5 cm³/mol. The minimum absolute atomic E-state index is 0.108.